The fourth-order valence-corrected chi connectivity index (χ4v) is 3.73. The highest BCUT2D eigenvalue weighted by Crippen LogP contribution is 2.33. The number of thiazole rings is 1. The average molecular weight is 345 g/mol. The Labute approximate surface area is 144 Å². The molecule has 126 valence electrons. The lowest BCUT2D eigenvalue weighted by atomic mass is 9.91. The van der Waals surface area contributed by atoms with E-state index in [2.05, 4.69) is 15.3 Å². The van der Waals surface area contributed by atoms with Crippen LogP contribution in [0.1, 0.15) is 32.9 Å². The van der Waals surface area contributed by atoms with Gasteiger partial charge in [0.05, 0.1) is 17.8 Å². The molecule has 3 heterocycles. The number of nitrogens with zero attached hydrogens (tertiary/aromatic N) is 2. The van der Waals surface area contributed by atoms with Crippen molar-refractivity contribution in [2.75, 3.05) is 0 Å². The van der Waals surface area contributed by atoms with Gasteiger partial charge in [-0.3, -0.25) is 9.78 Å². The van der Waals surface area contributed by atoms with Crippen LogP contribution in [-0.2, 0) is 20.7 Å². The van der Waals surface area contributed by atoms with Crippen molar-refractivity contribution >= 4 is 23.2 Å². The molecule has 0 aliphatic carbocycles. The minimum absolute atomic E-state index is 0.118. The van der Waals surface area contributed by atoms with Crippen molar-refractivity contribution < 1.29 is 14.3 Å². The molecule has 7 heteroatoms. The van der Waals surface area contributed by atoms with Gasteiger partial charge in [-0.25, -0.2) is 9.78 Å². The lowest BCUT2D eigenvalue weighted by Crippen LogP contribution is -2.50. The summed E-state index contributed by atoms with van der Waals surface area (Å²) in [5.41, 5.74) is -0.110. The van der Waals surface area contributed by atoms with Crippen molar-refractivity contribution in [3.63, 3.8) is 0 Å². The monoisotopic (exact) mass is 345 g/mol. The topological polar surface area (TPSA) is 81.2 Å². The zero-order valence-corrected chi connectivity index (χ0v) is 14.6. The Kier molecular flexibility index (Phi) is 4.13. The molecule has 2 aromatic rings. The highest BCUT2D eigenvalue weighted by atomic mass is 32.1. The molecule has 1 atom stereocenters. The Morgan fingerprint density at radius 2 is 2.17 bits per heavy atom. The Morgan fingerprint density at radius 3 is 2.79 bits per heavy atom. The molecule has 0 spiro atoms. The molecule has 0 radical (unpaired) electrons. The van der Waals surface area contributed by atoms with E-state index in [1.165, 1.54) is 11.3 Å². The second-order valence-corrected chi connectivity index (χ2v) is 7.60. The van der Waals surface area contributed by atoms with Crippen LogP contribution in [0, 0.1) is 0 Å². The summed E-state index contributed by atoms with van der Waals surface area (Å²) in [6, 6.07) is 5.61. The molecule has 1 aliphatic rings. The van der Waals surface area contributed by atoms with E-state index < -0.39 is 17.1 Å². The van der Waals surface area contributed by atoms with E-state index in [-0.39, 0.29) is 12.3 Å². The van der Waals surface area contributed by atoms with E-state index in [4.69, 9.17) is 4.74 Å². The van der Waals surface area contributed by atoms with Gasteiger partial charge in [-0.1, -0.05) is 6.07 Å². The Morgan fingerprint density at radius 1 is 1.38 bits per heavy atom. The Balaban J connectivity index is 1.66. The van der Waals surface area contributed by atoms with Crippen molar-refractivity contribution in [1.82, 2.24) is 15.3 Å². The fraction of sp³-hybridized carbons (Fsp3) is 0.412. The van der Waals surface area contributed by atoms with Crippen molar-refractivity contribution in [2.45, 2.75) is 44.8 Å². The first kappa shape index (κ1) is 16.6. The summed E-state index contributed by atoms with van der Waals surface area (Å²) in [4.78, 5) is 33.0. The van der Waals surface area contributed by atoms with Gasteiger partial charge >= 0.3 is 5.97 Å². The number of ether oxygens (including phenoxy) is 1. The molecule has 1 unspecified atom stereocenters. The van der Waals surface area contributed by atoms with Crippen LogP contribution in [0.25, 0.3) is 10.7 Å². The van der Waals surface area contributed by atoms with Crippen molar-refractivity contribution in [3.8, 4) is 10.7 Å². The molecule has 1 saturated heterocycles. The molecule has 6 nitrogen and oxygen atoms in total. The summed E-state index contributed by atoms with van der Waals surface area (Å²) >= 11 is 1.44. The van der Waals surface area contributed by atoms with Crippen molar-refractivity contribution in [1.29, 1.82) is 0 Å². The molecule has 0 bridgehead atoms. The van der Waals surface area contributed by atoms with Crippen LogP contribution in [0.5, 0.6) is 0 Å². The van der Waals surface area contributed by atoms with E-state index in [0.717, 1.165) is 10.7 Å². The number of cyclic esters (lactones) is 1. The van der Waals surface area contributed by atoms with E-state index in [1.54, 1.807) is 13.1 Å². The smallest absolute Gasteiger partial charge is 0.332 e. The molecule has 3 rings (SSSR count). The SMILES string of the molecule is CC1(C)CC(C)(NC(=O)Cc2csc(-c3ccccn3)n2)C(=O)O1. The second-order valence-electron chi connectivity index (χ2n) is 6.74. The van der Waals surface area contributed by atoms with Crippen LogP contribution in [0.2, 0.25) is 0 Å². The first-order chi connectivity index (χ1) is 11.3. The predicted molar refractivity (Wildman–Crippen MR) is 90.4 cm³/mol. The Bertz CT molecular complexity index is 772. The maximum Gasteiger partial charge on any atom is 0.332 e. The third kappa shape index (κ3) is 3.46. The largest absolute Gasteiger partial charge is 0.458 e. The van der Waals surface area contributed by atoms with Crippen LogP contribution in [-0.4, -0.2) is 33.0 Å². The maximum absolute atomic E-state index is 12.3. The summed E-state index contributed by atoms with van der Waals surface area (Å²) in [6.07, 6.45) is 2.27. The number of aromatic nitrogens is 2. The minimum atomic E-state index is -0.986. The molecule has 1 aliphatic heterocycles. The number of rotatable bonds is 4. The number of hydrogen-bond acceptors (Lipinski definition) is 6. The van der Waals surface area contributed by atoms with Gasteiger partial charge in [-0.15, -0.1) is 11.3 Å². The summed E-state index contributed by atoms with van der Waals surface area (Å²) < 4.78 is 5.30. The zero-order valence-electron chi connectivity index (χ0n) is 13.8. The third-order valence-corrected chi connectivity index (χ3v) is 4.71. The fourth-order valence-electron chi connectivity index (χ4n) is 2.93. The van der Waals surface area contributed by atoms with Gasteiger partial charge in [0, 0.05) is 18.0 Å². The lowest BCUT2D eigenvalue weighted by molar-refractivity contribution is -0.151. The van der Waals surface area contributed by atoms with Gasteiger partial charge < -0.3 is 10.1 Å². The molecule has 1 N–H and O–H groups in total. The maximum atomic E-state index is 12.3. The van der Waals surface area contributed by atoms with Crippen LogP contribution in [0.4, 0.5) is 0 Å². The van der Waals surface area contributed by atoms with Crippen LogP contribution in [0.15, 0.2) is 29.8 Å². The highest BCUT2D eigenvalue weighted by Gasteiger charge is 2.50. The first-order valence-electron chi connectivity index (χ1n) is 7.68. The van der Waals surface area contributed by atoms with Gasteiger partial charge in [0.2, 0.25) is 5.91 Å². The molecule has 0 saturated carbocycles. The number of esters is 1. The Hall–Kier alpha value is -2.28. The van der Waals surface area contributed by atoms with E-state index in [1.807, 2.05) is 37.4 Å². The van der Waals surface area contributed by atoms with Crippen molar-refractivity contribution in [2.24, 2.45) is 0 Å². The predicted octanol–water partition coefficient (Wildman–Crippen LogP) is 2.35. The number of amides is 1. The van der Waals surface area contributed by atoms with Crippen LogP contribution in [0.3, 0.4) is 0 Å². The molecule has 1 amide bonds. The van der Waals surface area contributed by atoms with Gasteiger partial charge in [0.25, 0.3) is 0 Å². The summed E-state index contributed by atoms with van der Waals surface area (Å²) in [7, 11) is 0. The van der Waals surface area contributed by atoms with E-state index in [9.17, 15) is 9.59 Å². The summed E-state index contributed by atoms with van der Waals surface area (Å²) in [6.45, 7) is 5.37. The third-order valence-electron chi connectivity index (χ3n) is 3.79. The molecular weight excluding hydrogens is 326 g/mol. The van der Waals surface area contributed by atoms with Gasteiger partial charge in [0.15, 0.2) is 0 Å². The number of pyridine rings is 1. The number of hydrogen-bond donors (Lipinski definition) is 1. The second kappa shape index (κ2) is 5.98. The van der Waals surface area contributed by atoms with Gasteiger partial charge in [-0.2, -0.15) is 0 Å². The summed E-state index contributed by atoms with van der Waals surface area (Å²) in [5, 5.41) is 5.40. The van der Waals surface area contributed by atoms with Crippen LogP contribution >= 0.6 is 11.3 Å². The molecule has 24 heavy (non-hydrogen) atoms. The first-order valence-corrected chi connectivity index (χ1v) is 8.56. The van der Waals surface area contributed by atoms with Crippen LogP contribution < -0.4 is 5.32 Å². The summed E-state index contributed by atoms with van der Waals surface area (Å²) in [5.74, 6) is -0.640. The number of nitrogens with one attached hydrogen (secondary N) is 1. The average Bonchev–Trinajstić information content (AvgIpc) is 3.02. The number of carbonyl (C=O) groups is 2. The molecular formula is C17H19N3O3S. The quantitative estimate of drug-likeness (QED) is 0.860. The van der Waals surface area contributed by atoms with Gasteiger partial charge in [-0.05, 0) is 32.9 Å². The minimum Gasteiger partial charge on any atom is -0.458 e. The molecule has 0 aromatic carbocycles. The highest BCUT2D eigenvalue weighted by molar-refractivity contribution is 7.13. The van der Waals surface area contributed by atoms with Crippen molar-refractivity contribution in [3.05, 3.63) is 35.5 Å². The zero-order chi connectivity index (χ0) is 17.4. The standard InChI is InChI=1S/C17H19N3O3S/c1-16(2)10-17(3,15(22)23-16)20-13(21)8-11-9-24-14(19-11)12-6-4-5-7-18-12/h4-7,9H,8,10H2,1-3H3,(H,20,21). The normalized spacial score (nSPS) is 22.2. The molecule has 2 aromatic heterocycles. The van der Waals surface area contributed by atoms with E-state index >= 15 is 0 Å². The number of carbonyl (C=O) groups excluding carboxylic acids is 2. The lowest BCUT2D eigenvalue weighted by Gasteiger charge is -2.21. The van der Waals surface area contributed by atoms with Gasteiger partial charge in [0.1, 0.15) is 16.1 Å². The van der Waals surface area contributed by atoms with E-state index in [0.29, 0.717) is 12.1 Å². The molecule has 1 fully saturated rings.